The molecule has 0 atom stereocenters. The number of carbonyl (C=O) groups excluding carboxylic acids is 1. The number of aldehydes is 1. The lowest BCUT2D eigenvalue weighted by atomic mass is 10.2. The third-order valence-corrected chi connectivity index (χ3v) is 3.57. The predicted octanol–water partition coefficient (Wildman–Crippen LogP) is 4.92. The molecule has 116 valence electrons. The summed E-state index contributed by atoms with van der Waals surface area (Å²) in [5.41, 5.74) is 0.943. The fourth-order valence-corrected chi connectivity index (χ4v) is 2.24. The van der Waals surface area contributed by atoms with Crippen molar-refractivity contribution in [3.05, 3.63) is 57.3 Å². The van der Waals surface area contributed by atoms with Gasteiger partial charge in [-0.25, -0.2) is 4.39 Å². The second-order valence-electron chi connectivity index (χ2n) is 4.40. The molecule has 0 unspecified atom stereocenters. The first-order chi connectivity index (χ1) is 10.5. The van der Waals surface area contributed by atoms with Crippen LogP contribution >= 0.6 is 23.2 Å². The molecule has 0 aliphatic carbocycles. The molecule has 3 nitrogen and oxygen atoms in total. The summed E-state index contributed by atoms with van der Waals surface area (Å²) in [6.45, 7) is 2.35. The molecular formula is C16H13Cl2FO3. The van der Waals surface area contributed by atoms with Crippen LogP contribution in [0.3, 0.4) is 0 Å². The van der Waals surface area contributed by atoms with Gasteiger partial charge in [-0.05, 0) is 25.1 Å². The van der Waals surface area contributed by atoms with Crippen LogP contribution < -0.4 is 9.47 Å². The average molecular weight is 343 g/mol. The zero-order valence-electron chi connectivity index (χ0n) is 11.7. The fourth-order valence-electron chi connectivity index (χ4n) is 1.82. The Morgan fingerprint density at radius 2 is 1.82 bits per heavy atom. The van der Waals surface area contributed by atoms with E-state index in [2.05, 4.69) is 0 Å². The standard InChI is InChI=1S/C16H13Cl2FO3/c1-2-21-15-5-11(8-20)14(18)7-16(15)22-9-10-3-4-12(19)6-13(10)17/h3-8H,2,9H2,1H3. The molecule has 0 saturated carbocycles. The predicted molar refractivity (Wildman–Crippen MR) is 83.8 cm³/mol. The van der Waals surface area contributed by atoms with Crippen LogP contribution in [0.2, 0.25) is 10.0 Å². The van der Waals surface area contributed by atoms with E-state index in [4.69, 9.17) is 32.7 Å². The monoisotopic (exact) mass is 342 g/mol. The largest absolute Gasteiger partial charge is 0.490 e. The summed E-state index contributed by atoms with van der Waals surface area (Å²) in [6.07, 6.45) is 0.644. The Bertz CT molecular complexity index is 689. The molecule has 0 bridgehead atoms. The molecule has 2 aromatic carbocycles. The minimum Gasteiger partial charge on any atom is -0.490 e. The molecular weight excluding hydrogens is 330 g/mol. The van der Waals surface area contributed by atoms with Gasteiger partial charge < -0.3 is 9.47 Å². The van der Waals surface area contributed by atoms with E-state index in [1.807, 2.05) is 6.92 Å². The Hall–Kier alpha value is -1.78. The number of hydrogen-bond acceptors (Lipinski definition) is 3. The Kier molecular flexibility index (Phi) is 5.63. The van der Waals surface area contributed by atoms with Gasteiger partial charge in [-0.3, -0.25) is 4.79 Å². The second-order valence-corrected chi connectivity index (χ2v) is 5.21. The van der Waals surface area contributed by atoms with Crippen molar-refractivity contribution in [2.45, 2.75) is 13.5 Å². The number of halogens is 3. The quantitative estimate of drug-likeness (QED) is 0.698. The lowest BCUT2D eigenvalue weighted by Crippen LogP contribution is -2.01. The van der Waals surface area contributed by atoms with E-state index < -0.39 is 5.82 Å². The Morgan fingerprint density at radius 1 is 1.09 bits per heavy atom. The smallest absolute Gasteiger partial charge is 0.163 e. The highest BCUT2D eigenvalue weighted by atomic mass is 35.5. The highest BCUT2D eigenvalue weighted by Gasteiger charge is 2.12. The minimum absolute atomic E-state index is 0.121. The van der Waals surface area contributed by atoms with Gasteiger partial charge in [0.2, 0.25) is 0 Å². The molecule has 0 aliphatic rings. The van der Waals surface area contributed by atoms with Crippen molar-refractivity contribution in [1.29, 1.82) is 0 Å². The summed E-state index contributed by atoms with van der Waals surface area (Å²) in [5.74, 6) is 0.382. The van der Waals surface area contributed by atoms with Gasteiger partial charge in [0.1, 0.15) is 12.4 Å². The van der Waals surface area contributed by atoms with Gasteiger partial charge in [-0.1, -0.05) is 29.3 Å². The van der Waals surface area contributed by atoms with E-state index in [-0.39, 0.29) is 16.7 Å². The third-order valence-electron chi connectivity index (χ3n) is 2.89. The van der Waals surface area contributed by atoms with Crippen LogP contribution in [0.4, 0.5) is 4.39 Å². The van der Waals surface area contributed by atoms with Gasteiger partial charge in [0.15, 0.2) is 17.8 Å². The molecule has 0 aliphatic heterocycles. The summed E-state index contributed by atoms with van der Waals surface area (Å²) < 4.78 is 24.1. The topological polar surface area (TPSA) is 35.5 Å². The second kappa shape index (κ2) is 7.47. The van der Waals surface area contributed by atoms with Crippen LogP contribution in [0, 0.1) is 5.82 Å². The van der Waals surface area contributed by atoms with Crippen LogP contribution in [0.25, 0.3) is 0 Å². The summed E-state index contributed by atoms with van der Waals surface area (Å²) >= 11 is 11.9. The van der Waals surface area contributed by atoms with E-state index in [1.54, 1.807) is 6.07 Å². The first kappa shape index (κ1) is 16.6. The first-order valence-corrected chi connectivity index (χ1v) is 7.29. The molecule has 0 fully saturated rings. The lowest BCUT2D eigenvalue weighted by Gasteiger charge is -2.14. The molecule has 0 spiro atoms. The van der Waals surface area contributed by atoms with E-state index in [1.165, 1.54) is 24.3 Å². The summed E-state index contributed by atoms with van der Waals surface area (Å²) in [5, 5.41) is 0.534. The van der Waals surface area contributed by atoms with Crippen molar-refractivity contribution in [3.63, 3.8) is 0 Å². The zero-order chi connectivity index (χ0) is 16.1. The van der Waals surface area contributed by atoms with Gasteiger partial charge in [0.25, 0.3) is 0 Å². The number of ether oxygens (including phenoxy) is 2. The molecule has 2 rings (SSSR count). The highest BCUT2D eigenvalue weighted by Crippen LogP contribution is 2.34. The van der Waals surface area contributed by atoms with Crippen molar-refractivity contribution < 1.29 is 18.7 Å². The maximum atomic E-state index is 13.0. The maximum Gasteiger partial charge on any atom is 0.163 e. The van der Waals surface area contributed by atoms with Crippen LogP contribution in [0.5, 0.6) is 11.5 Å². The molecule has 0 saturated heterocycles. The normalized spacial score (nSPS) is 10.4. The van der Waals surface area contributed by atoms with Crippen molar-refractivity contribution in [2.24, 2.45) is 0 Å². The third kappa shape index (κ3) is 3.90. The van der Waals surface area contributed by atoms with Gasteiger partial charge in [-0.2, -0.15) is 0 Å². The maximum absolute atomic E-state index is 13.0. The van der Waals surface area contributed by atoms with Gasteiger partial charge in [0.05, 0.1) is 16.7 Å². The SMILES string of the molecule is CCOc1cc(C=O)c(Cl)cc1OCc1ccc(F)cc1Cl. The van der Waals surface area contributed by atoms with E-state index in [0.717, 1.165) is 0 Å². The van der Waals surface area contributed by atoms with Crippen molar-refractivity contribution in [1.82, 2.24) is 0 Å². The van der Waals surface area contributed by atoms with Gasteiger partial charge in [0, 0.05) is 17.2 Å². The van der Waals surface area contributed by atoms with Crippen LogP contribution in [-0.2, 0) is 6.61 Å². The summed E-state index contributed by atoms with van der Waals surface area (Å²) in [4.78, 5) is 10.9. The van der Waals surface area contributed by atoms with Crippen LogP contribution in [-0.4, -0.2) is 12.9 Å². The van der Waals surface area contributed by atoms with E-state index in [0.29, 0.717) is 35.5 Å². The van der Waals surface area contributed by atoms with Gasteiger partial charge in [-0.15, -0.1) is 0 Å². The summed E-state index contributed by atoms with van der Waals surface area (Å²) in [6, 6.07) is 7.08. The number of benzene rings is 2. The minimum atomic E-state index is -0.415. The zero-order valence-corrected chi connectivity index (χ0v) is 13.2. The number of hydrogen-bond donors (Lipinski definition) is 0. The van der Waals surface area contributed by atoms with Crippen LogP contribution in [0.1, 0.15) is 22.8 Å². The number of rotatable bonds is 6. The molecule has 0 radical (unpaired) electrons. The first-order valence-electron chi connectivity index (χ1n) is 6.53. The van der Waals surface area contributed by atoms with E-state index >= 15 is 0 Å². The molecule has 22 heavy (non-hydrogen) atoms. The Balaban J connectivity index is 2.24. The van der Waals surface area contributed by atoms with Crippen molar-refractivity contribution in [2.75, 3.05) is 6.61 Å². The Morgan fingerprint density at radius 3 is 2.45 bits per heavy atom. The lowest BCUT2D eigenvalue weighted by molar-refractivity contribution is 0.112. The van der Waals surface area contributed by atoms with Crippen molar-refractivity contribution >= 4 is 29.5 Å². The molecule has 2 aromatic rings. The summed E-state index contributed by atoms with van der Waals surface area (Å²) in [7, 11) is 0. The molecule has 0 N–H and O–H groups in total. The van der Waals surface area contributed by atoms with Crippen molar-refractivity contribution in [3.8, 4) is 11.5 Å². The molecule has 0 amide bonds. The molecule has 6 heteroatoms. The molecule has 0 heterocycles. The van der Waals surface area contributed by atoms with Crippen LogP contribution in [0.15, 0.2) is 30.3 Å². The Labute approximate surface area is 137 Å². The average Bonchev–Trinajstić information content (AvgIpc) is 2.48. The molecule has 0 aromatic heterocycles. The van der Waals surface area contributed by atoms with E-state index in [9.17, 15) is 9.18 Å². The highest BCUT2D eigenvalue weighted by molar-refractivity contribution is 6.33. The number of carbonyl (C=O) groups is 1. The van der Waals surface area contributed by atoms with Gasteiger partial charge >= 0.3 is 0 Å². The fraction of sp³-hybridized carbons (Fsp3) is 0.188.